The zero-order valence-corrected chi connectivity index (χ0v) is 11.2. The first kappa shape index (κ1) is 14.1. The normalized spacial score (nSPS) is 20.9. The number of benzene rings is 1. The van der Waals surface area contributed by atoms with Crippen LogP contribution in [0.15, 0.2) is 12.1 Å². The Kier molecular flexibility index (Phi) is 3.12. The lowest BCUT2D eigenvalue weighted by Crippen LogP contribution is -2.52. The number of carbonyl (C=O) groups excluding carboxylic acids is 3. The van der Waals surface area contributed by atoms with E-state index in [1.54, 1.807) is 0 Å². The molecule has 1 aromatic carbocycles. The molecule has 9 heteroatoms. The fourth-order valence-electron chi connectivity index (χ4n) is 2.79. The van der Waals surface area contributed by atoms with Gasteiger partial charge >= 0.3 is 5.69 Å². The molecule has 114 valence electrons. The highest BCUT2D eigenvalue weighted by atomic mass is 19.1. The molecule has 2 aliphatic heterocycles. The Morgan fingerprint density at radius 1 is 1.32 bits per heavy atom. The van der Waals surface area contributed by atoms with Gasteiger partial charge in [0, 0.05) is 6.42 Å². The zero-order chi connectivity index (χ0) is 16.0. The van der Waals surface area contributed by atoms with Crippen LogP contribution in [0.2, 0.25) is 0 Å². The Morgan fingerprint density at radius 2 is 2.05 bits per heavy atom. The van der Waals surface area contributed by atoms with E-state index in [9.17, 15) is 28.9 Å². The number of hydrogen-bond acceptors (Lipinski definition) is 5. The fraction of sp³-hybridized carbons (Fsp3) is 0.308. The molecule has 0 aromatic heterocycles. The van der Waals surface area contributed by atoms with E-state index in [1.165, 1.54) is 6.07 Å². The first-order valence-corrected chi connectivity index (χ1v) is 6.50. The summed E-state index contributed by atoms with van der Waals surface area (Å²) in [5.41, 5.74) is -0.779. The van der Waals surface area contributed by atoms with Crippen molar-refractivity contribution < 1.29 is 23.7 Å². The molecular formula is C13H10FN3O5. The molecule has 8 nitrogen and oxygen atoms in total. The van der Waals surface area contributed by atoms with E-state index in [0.717, 1.165) is 11.0 Å². The van der Waals surface area contributed by atoms with Gasteiger partial charge in [-0.25, -0.2) is 0 Å². The summed E-state index contributed by atoms with van der Waals surface area (Å²) in [7, 11) is 0. The molecule has 2 aliphatic rings. The molecule has 3 amide bonds. The number of fused-ring (bicyclic) bond motifs is 1. The molecule has 2 heterocycles. The summed E-state index contributed by atoms with van der Waals surface area (Å²) in [6.45, 7) is -0.228. The summed E-state index contributed by atoms with van der Waals surface area (Å²) in [6.07, 6.45) is 0.216. The Morgan fingerprint density at radius 3 is 2.68 bits per heavy atom. The second-order valence-electron chi connectivity index (χ2n) is 5.08. The third-order valence-electron chi connectivity index (χ3n) is 3.82. The van der Waals surface area contributed by atoms with Crippen molar-refractivity contribution in [2.24, 2.45) is 0 Å². The second-order valence-corrected chi connectivity index (χ2v) is 5.08. The van der Waals surface area contributed by atoms with Crippen LogP contribution in [-0.2, 0) is 16.1 Å². The maximum atomic E-state index is 13.6. The number of nitro benzene ring substituents is 1. The summed E-state index contributed by atoms with van der Waals surface area (Å²) in [5, 5.41) is 13.1. The van der Waals surface area contributed by atoms with Gasteiger partial charge < -0.3 is 4.90 Å². The number of halogens is 1. The molecule has 1 saturated heterocycles. The minimum absolute atomic E-state index is 0.0119. The van der Waals surface area contributed by atoms with Crippen LogP contribution in [0.4, 0.5) is 10.1 Å². The number of imide groups is 1. The van der Waals surface area contributed by atoms with Crippen LogP contribution in [0.3, 0.4) is 0 Å². The molecule has 0 aliphatic carbocycles. The van der Waals surface area contributed by atoms with Crippen molar-refractivity contribution in [1.82, 2.24) is 10.2 Å². The molecule has 1 aromatic rings. The Bertz CT molecular complexity index is 733. The topological polar surface area (TPSA) is 110 Å². The summed E-state index contributed by atoms with van der Waals surface area (Å²) in [5.74, 6) is -2.66. The SMILES string of the molecule is O=C1CCC(N2Cc3c(ccc(F)c3[N+](=O)[O-])C2=O)C(=O)N1. The van der Waals surface area contributed by atoms with Crippen LogP contribution in [-0.4, -0.2) is 33.6 Å². The number of rotatable bonds is 2. The average molecular weight is 307 g/mol. The van der Waals surface area contributed by atoms with E-state index in [4.69, 9.17) is 0 Å². The van der Waals surface area contributed by atoms with Gasteiger partial charge in [0.05, 0.1) is 22.6 Å². The van der Waals surface area contributed by atoms with Gasteiger partial charge in [-0.1, -0.05) is 0 Å². The molecule has 3 rings (SSSR count). The van der Waals surface area contributed by atoms with Gasteiger partial charge in [0.15, 0.2) is 0 Å². The third-order valence-corrected chi connectivity index (χ3v) is 3.82. The Hall–Kier alpha value is -2.84. The van der Waals surface area contributed by atoms with Crippen LogP contribution in [0.1, 0.15) is 28.8 Å². The van der Waals surface area contributed by atoms with Crippen molar-refractivity contribution in [3.05, 3.63) is 39.2 Å². The summed E-state index contributed by atoms with van der Waals surface area (Å²) in [6, 6.07) is 1.15. The first-order chi connectivity index (χ1) is 10.4. The number of nitrogens with zero attached hydrogens (tertiary/aromatic N) is 2. The minimum Gasteiger partial charge on any atom is -0.322 e. The predicted molar refractivity (Wildman–Crippen MR) is 69.1 cm³/mol. The van der Waals surface area contributed by atoms with E-state index < -0.39 is 40.2 Å². The summed E-state index contributed by atoms with van der Waals surface area (Å²) in [4.78, 5) is 46.6. The van der Waals surface area contributed by atoms with Crippen molar-refractivity contribution in [3.63, 3.8) is 0 Å². The fourth-order valence-corrected chi connectivity index (χ4v) is 2.79. The number of carbonyl (C=O) groups is 3. The van der Waals surface area contributed by atoms with E-state index in [1.807, 2.05) is 0 Å². The van der Waals surface area contributed by atoms with Gasteiger partial charge in [-0.05, 0) is 18.6 Å². The first-order valence-electron chi connectivity index (χ1n) is 6.50. The lowest BCUT2D eigenvalue weighted by Gasteiger charge is -2.29. The van der Waals surface area contributed by atoms with Gasteiger partial charge in [0.2, 0.25) is 17.6 Å². The van der Waals surface area contributed by atoms with Crippen LogP contribution < -0.4 is 5.32 Å². The molecule has 1 unspecified atom stereocenters. The van der Waals surface area contributed by atoms with E-state index >= 15 is 0 Å². The van der Waals surface area contributed by atoms with Crippen LogP contribution >= 0.6 is 0 Å². The Labute approximate surface area is 123 Å². The van der Waals surface area contributed by atoms with E-state index in [-0.39, 0.29) is 30.5 Å². The van der Waals surface area contributed by atoms with Crippen LogP contribution in [0, 0.1) is 15.9 Å². The van der Waals surface area contributed by atoms with Gasteiger partial charge in [-0.3, -0.25) is 29.8 Å². The maximum absolute atomic E-state index is 13.6. The van der Waals surface area contributed by atoms with Crippen molar-refractivity contribution in [3.8, 4) is 0 Å². The molecule has 1 fully saturated rings. The van der Waals surface area contributed by atoms with Crippen LogP contribution in [0.25, 0.3) is 0 Å². The smallest absolute Gasteiger partial charge is 0.310 e. The van der Waals surface area contributed by atoms with Gasteiger partial charge in [0.1, 0.15) is 6.04 Å². The quantitative estimate of drug-likeness (QED) is 0.486. The molecule has 22 heavy (non-hydrogen) atoms. The number of nitrogens with one attached hydrogen (secondary N) is 1. The molecule has 0 bridgehead atoms. The molecule has 0 spiro atoms. The summed E-state index contributed by atoms with van der Waals surface area (Å²) < 4.78 is 13.6. The molecule has 1 N–H and O–H groups in total. The lowest BCUT2D eigenvalue weighted by molar-refractivity contribution is -0.388. The van der Waals surface area contributed by atoms with Gasteiger partial charge in [0.25, 0.3) is 5.91 Å². The van der Waals surface area contributed by atoms with Crippen molar-refractivity contribution in [2.45, 2.75) is 25.4 Å². The number of piperidine rings is 1. The summed E-state index contributed by atoms with van der Waals surface area (Å²) >= 11 is 0. The van der Waals surface area contributed by atoms with Gasteiger partial charge in [-0.2, -0.15) is 4.39 Å². The number of nitro groups is 1. The highest BCUT2D eigenvalue weighted by Crippen LogP contribution is 2.34. The largest absolute Gasteiger partial charge is 0.322 e. The average Bonchev–Trinajstić information content (AvgIpc) is 2.75. The van der Waals surface area contributed by atoms with E-state index in [2.05, 4.69) is 5.32 Å². The predicted octanol–water partition coefficient (Wildman–Crippen LogP) is 0.495. The number of hydrogen-bond donors (Lipinski definition) is 1. The van der Waals surface area contributed by atoms with Crippen molar-refractivity contribution in [2.75, 3.05) is 0 Å². The molecular weight excluding hydrogens is 297 g/mol. The minimum atomic E-state index is -1.03. The standard InChI is InChI=1S/C13H10FN3O5/c14-8-2-1-6-7(11(8)17(21)22)5-16(13(6)20)9-3-4-10(18)15-12(9)19/h1-2,9H,3-5H2,(H,15,18,19). The van der Waals surface area contributed by atoms with E-state index in [0.29, 0.717) is 0 Å². The molecule has 1 atom stereocenters. The van der Waals surface area contributed by atoms with Crippen LogP contribution in [0.5, 0.6) is 0 Å². The van der Waals surface area contributed by atoms with Gasteiger partial charge in [-0.15, -0.1) is 0 Å². The third kappa shape index (κ3) is 2.01. The maximum Gasteiger partial charge on any atom is 0.310 e. The zero-order valence-electron chi connectivity index (χ0n) is 11.2. The molecule has 0 radical (unpaired) electrons. The monoisotopic (exact) mass is 307 g/mol. The highest BCUT2D eigenvalue weighted by molar-refractivity contribution is 6.05. The van der Waals surface area contributed by atoms with Crippen molar-refractivity contribution >= 4 is 23.4 Å². The highest BCUT2D eigenvalue weighted by Gasteiger charge is 2.42. The Balaban J connectivity index is 1.98. The number of amides is 3. The van der Waals surface area contributed by atoms with Crippen molar-refractivity contribution in [1.29, 1.82) is 0 Å². The lowest BCUT2D eigenvalue weighted by atomic mass is 10.0. The second kappa shape index (κ2) is 4.86. The molecule has 0 saturated carbocycles.